The third kappa shape index (κ3) is 5.00. The summed E-state index contributed by atoms with van der Waals surface area (Å²) in [5.41, 5.74) is 0. The van der Waals surface area contributed by atoms with E-state index in [9.17, 15) is 9.59 Å². The number of hydrogen-bond acceptors (Lipinski definition) is 3. The van der Waals surface area contributed by atoms with Crippen LogP contribution in [0, 0.1) is 0 Å². The number of nitrogens with zero attached hydrogens (tertiary/aromatic N) is 1. The highest BCUT2D eigenvalue weighted by molar-refractivity contribution is 5.83. The lowest BCUT2D eigenvalue weighted by Gasteiger charge is -2.23. The predicted molar refractivity (Wildman–Crippen MR) is 62.2 cm³/mol. The molecule has 0 saturated heterocycles. The zero-order valence-corrected chi connectivity index (χ0v) is 10.6. The van der Waals surface area contributed by atoms with Crippen LogP contribution in [0.25, 0.3) is 0 Å². The zero-order valence-electron chi connectivity index (χ0n) is 10.6. The number of rotatable bonds is 6. The number of hydrogen-bond donors (Lipinski definition) is 1. The molecular weight excluding hydrogens is 208 g/mol. The van der Waals surface area contributed by atoms with Gasteiger partial charge in [-0.1, -0.05) is 13.8 Å². The first-order chi connectivity index (χ1) is 7.56. The largest absolute Gasteiger partial charge is 0.467 e. The van der Waals surface area contributed by atoms with Crippen molar-refractivity contribution in [1.29, 1.82) is 0 Å². The smallest absolute Gasteiger partial charge is 0.328 e. The van der Waals surface area contributed by atoms with Gasteiger partial charge in [-0.25, -0.2) is 9.59 Å². The Kier molecular flexibility index (Phi) is 7.33. The Morgan fingerprint density at radius 1 is 1.25 bits per heavy atom. The molecule has 1 N–H and O–H groups in total. The number of methoxy groups -OCH3 is 1. The van der Waals surface area contributed by atoms with E-state index in [1.807, 2.05) is 13.8 Å². The van der Waals surface area contributed by atoms with Gasteiger partial charge in [-0.3, -0.25) is 0 Å². The first-order valence-corrected chi connectivity index (χ1v) is 5.70. The summed E-state index contributed by atoms with van der Waals surface area (Å²) >= 11 is 0. The van der Waals surface area contributed by atoms with Gasteiger partial charge in [-0.15, -0.1) is 0 Å². The fourth-order valence-corrected chi connectivity index (χ4v) is 1.37. The number of ether oxygens (including phenoxy) is 1. The second-order valence-electron chi connectivity index (χ2n) is 3.68. The molecule has 2 amide bonds. The molecule has 0 rings (SSSR count). The number of nitrogens with one attached hydrogen (secondary N) is 1. The fourth-order valence-electron chi connectivity index (χ4n) is 1.37. The Hall–Kier alpha value is -1.26. The molecule has 0 aliphatic heterocycles. The number of carbonyl (C=O) groups excluding carboxylic acids is 2. The average Bonchev–Trinajstić information content (AvgIpc) is 2.27. The molecular formula is C11H22N2O3. The maximum Gasteiger partial charge on any atom is 0.328 e. The summed E-state index contributed by atoms with van der Waals surface area (Å²) in [4.78, 5) is 24.6. The predicted octanol–water partition coefficient (Wildman–Crippen LogP) is 1.38. The zero-order chi connectivity index (χ0) is 12.6. The lowest BCUT2D eigenvalue weighted by molar-refractivity contribution is -0.142. The van der Waals surface area contributed by atoms with Crippen molar-refractivity contribution < 1.29 is 14.3 Å². The molecule has 0 saturated carbocycles. The van der Waals surface area contributed by atoms with E-state index in [0.29, 0.717) is 13.1 Å². The Bertz CT molecular complexity index is 225. The van der Waals surface area contributed by atoms with E-state index >= 15 is 0 Å². The van der Waals surface area contributed by atoms with Crippen molar-refractivity contribution in [3.8, 4) is 0 Å². The van der Waals surface area contributed by atoms with Gasteiger partial charge in [0.15, 0.2) is 0 Å². The van der Waals surface area contributed by atoms with Crippen LogP contribution in [0.2, 0.25) is 0 Å². The van der Waals surface area contributed by atoms with Crippen LogP contribution in [0.5, 0.6) is 0 Å². The quantitative estimate of drug-likeness (QED) is 0.701. The molecule has 0 aromatic rings. The topological polar surface area (TPSA) is 58.6 Å². The molecule has 0 unspecified atom stereocenters. The van der Waals surface area contributed by atoms with Crippen LogP contribution in [0.15, 0.2) is 0 Å². The van der Waals surface area contributed by atoms with Crippen molar-refractivity contribution in [2.45, 2.75) is 39.7 Å². The molecule has 0 bridgehead atoms. The first kappa shape index (κ1) is 14.7. The first-order valence-electron chi connectivity index (χ1n) is 5.70. The molecule has 0 aromatic carbocycles. The van der Waals surface area contributed by atoms with Gasteiger partial charge in [0, 0.05) is 13.1 Å². The maximum absolute atomic E-state index is 11.8. The van der Waals surface area contributed by atoms with Gasteiger partial charge in [-0.05, 0) is 19.8 Å². The molecule has 5 nitrogen and oxygen atoms in total. The monoisotopic (exact) mass is 230 g/mol. The third-order valence-corrected chi connectivity index (χ3v) is 2.17. The van der Waals surface area contributed by atoms with Crippen LogP contribution in [0.4, 0.5) is 4.79 Å². The molecule has 0 aliphatic carbocycles. The van der Waals surface area contributed by atoms with Gasteiger partial charge in [0.25, 0.3) is 0 Å². The Morgan fingerprint density at radius 2 is 1.75 bits per heavy atom. The Morgan fingerprint density at radius 3 is 2.12 bits per heavy atom. The van der Waals surface area contributed by atoms with Crippen molar-refractivity contribution in [3.05, 3.63) is 0 Å². The van der Waals surface area contributed by atoms with Crippen LogP contribution < -0.4 is 5.32 Å². The lowest BCUT2D eigenvalue weighted by atomic mass is 10.3. The summed E-state index contributed by atoms with van der Waals surface area (Å²) in [6.45, 7) is 7.04. The van der Waals surface area contributed by atoms with Crippen molar-refractivity contribution in [1.82, 2.24) is 10.2 Å². The minimum absolute atomic E-state index is 0.207. The van der Waals surface area contributed by atoms with E-state index in [-0.39, 0.29) is 6.03 Å². The highest BCUT2D eigenvalue weighted by Crippen LogP contribution is 1.97. The Labute approximate surface area is 97.1 Å². The number of carbonyl (C=O) groups is 2. The summed E-state index contributed by atoms with van der Waals surface area (Å²) in [5, 5.41) is 2.61. The molecule has 0 fully saturated rings. The van der Waals surface area contributed by atoms with Crippen molar-refractivity contribution >= 4 is 12.0 Å². The summed E-state index contributed by atoms with van der Waals surface area (Å²) in [6, 6.07) is -0.810. The minimum atomic E-state index is -0.603. The molecule has 0 radical (unpaired) electrons. The molecule has 0 aliphatic rings. The van der Waals surface area contributed by atoms with Gasteiger partial charge >= 0.3 is 12.0 Å². The SMILES string of the molecule is CCCN(CCC)C(=O)N[C@@H](C)C(=O)OC. The summed E-state index contributed by atoms with van der Waals surface area (Å²) in [6.07, 6.45) is 1.81. The molecule has 94 valence electrons. The standard InChI is InChI=1S/C11H22N2O3/c1-5-7-13(8-6-2)11(15)12-9(3)10(14)16-4/h9H,5-8H2,1-4H3,(H,12,15)/t9-/m0/s1. The van der Waals surface area contributed by atoms with E-state index in [4.69, 9.17) is 0 Å². The molecule has 16 heavy (non-hydrogen) atoms. The van der Waals surface area contributed by atoms with E-state index < -0.39 is 12.0 Å². The third-order valence-electron chi connectivity index (χ3n) is 2.17. The number of esters is 1. The molecule has 0 spiro atoms. The second kappa shape index (κ2) is 7.96. The van der Waals surface area contributed by atoms with Crippen molar-refractivity contribution in [2.24, 2.45) is 0 Å². The van der Waals surface area contributed by atoms with Gasteiger partial charge in [-0.2, -0.15) is 0 Å². The second-order valence-corrected chi connectivity index (χ2v) is 3.68. The summed E-state index contributed by atoms with van der Waals surface area (Å²) in [7, 11) is 1.31. The van der Waals surface area contributed by atoms with Gasteiger partial charge in [0.1, 0.15) is 6.04 Å². The van der Waals surface area contributed by atoms with Gasteiger partial charge in [0.05, 0.1) is 7.11 Å². The maximum atomic E-state index is 11.8. The normalized spacial score (nSPS) is 11.8. The van der Waals surface area contributed by atoms with Crippen LogP contribution in [-0.4, -0.2) is 43.1 Å². The van der Waals surface area contributed by atoms with Crippen LogP contribution in [0.1, 0.15) is 33.6 Å². The van der Waals surface area contributed by atoms with Crippen molar-refractivity contribution in [3.63, 3.8) is 0 Å². The summed E-state index contributed by atoms with van der Waals surface area (Å²) < 4.78 is 4.54. The van der Waals surface area contributed by atoms with Crippen LogP contribution in [-0.2, 0) is 9.53 Å². The molecule has 0 aromatic heterocycles. The molecule has 5 heteroatoms. The van der Waals surface area contributed by atoms with Crippen LogP contribution >= 0.6 is 0 Å². The van der Waals surface area contributed by atoms with E-state index in [1.54, 1.807) is 11.8 Å². The fraction of sp³-hybridized carbons (Fsp3) is 0.818. The number of urea groups is 1. The Balaban J connectivity index is 4.23. The molecule has 1 atom stereocenters. The summed E-state index contributed by atoms with van der Waals surface area (Å²) in [5.74, 6) is -0.429. The van der Waals surface area contributed by atoms with Gasteiger partial charge in [0.2, 0.25) is 0 Å². The lowest BCUT2D eigenvalue weighted by Crippen LogP contribution is -2.47. The van der Waals surface area contributed by atoms with Gasteiger partial charge < -0.3 is 15.0 Å². The highest BCUT2D eigenvalue weighted by Gasteiger charge is 2.19. The van der Waals surface area contributed by atoms with E-state index in [1.165, 1.54) is 7.11 Å². The van der Waals surface area contributed by atoms with Crippen molar-refractivity contribution in [2.75, 3.05) is 20.2 Å². The average molecular weight is 230 g/mol. The van der Waals surface area contributed by atoms with Crippen LogP contribution in [0.3, 0.4) is 0 Å². The van der Waals surface area contributed by atoms with E-state index in [0.717, 1.165) is 12.8 Å². The highest BCUT2D eigenvalue weighted by atomic mass is 16.5. The number of amides is 2. The molecule has 0 heterocycles. The van der Waals surface area contributed by atoms with E-state index in [2.05, 4.69) is 10.1 Å². The minimum Gasteiger partial charge on any atom is -0.467 e.